The largest absolute Gasteiger partial charge is 0.378 e. The standard InChI is InChI=1S/C18H25N5O4/c1-13(24)22-10-8-21(9-11-22)7-6-19-16-5-2-14(12-17(16)23(26)27)18(25)20-15-3-4-15/h2,5,12,15,19H,3-4,6-11H2,1H3,(H,20,25). The summed E-state index contributed by atoms with van der Waals surface area (Å²) in [5.41, 5.74) is 0.615. The van der Waals surface area contributed by atoms with Gasteiger partial charge >= 0.3 is 0 Å². The van der Waals surface area contributed by atoms with Crippen LogP contribution in [0.1, 0.15) is 30.1 Å². The molecular formula is C18H25N5O4. The van der Waals surface area contributed by atoms with Crippen molar-refractivity contribution in [1.82, 2.24) is 15.1 Å². The lowest BCUT2D eigenvalue weighted by Crippen LogP contribution is -2.49. The van der Waals surface area contributed by atoms with Gasteiger partial charge in [-0.2, -0.15) is 0 Å². The number of rotatable bonds is 7. The lowest BCUT2D eigenvalue weighted by molar-refractivity contribution is -0.384. The predicted octanol–water partition coefficient (Wildman–Crippen LogP) is 1.06. The lowest BCUT2D eigenvalue weighted by atomic mass is 10.1. The molecule has 2 N–H and O–H groups in total. The van der Waals surface area contributed by atoms with Gasteiger partial charge in [0.1, 0.15) is 5.69 Å². The molecule has 1 aromatic carbocycles. The van der Waals surface area contributed by atoms with Crippen LogP contribution in [0.3, 0.4) is 0 Å². The van der Waals surface area contributed by atoms with Crippen molar-refractivity contribution in [2.24, 2.45) is 0 Å². The quantitative estimate of drug-likeness (QED) is 0.545. The Morgan fingerprint density at radius 3 is 2.52 bits per heavy atom. The van der Waals surface area contributed by atoms with E-state index in [9.17, 15) is 19.7 Å². The van der Waals surface area contributed by atoms with E-state index in [1.54, 1.807) is 19.1 Å². The van der Waals surface area contributed by atoms with Crippen molar-refractivity contribution in [2.45, 2.75) is 25.8 Å². The van der Waals surface area contributed by atoms with Crippen molar-refractivity contribution in [2.75, 3.05) is 44.6 Å². The second-order valence-corrected chi connectivity index (χ2v) is 7.01. The molecule has 2 amide bonds. The summed E-state index contributed by atoms with van der Waals surface area (Å²) in [6, 6.07) is 4.73. The molecular weight excluding hydrogens is 350 g/mol. The summed E-state index contributed by atoms with van der Waals surface area (Å²) in [4.78, 5) is 38.4. The average molecular weight is 375 g/mol. The third kappa shape index (κ3) is 5.16. The second-order valence-electron chi connectivity index (χ2n) is 7.01. The highest BCUT2D eigenvalue weighted by Gasteiger charge is 2.25. The highest BCUT2D eigenvalue weighted by molar-refractivity contribution is 5.96. The van der Waals surface area contributed by atoms with E-state index in [4.69, 9.17) is 0 Å². The number of carbonyl (C=O) groups excluding carboxylic acids is 2. The van der Waals surface area contributed by atoms with E-state index in [1.807, 2.05) is 4.90 Å². The van der Waals surface area contributed by atoms with Crippen LogP contribution < -0.4 is 10.6 Å². The highest BCUT2D eigenvalue weighted by Crippen LogP contribution is 2.26. The second kappa shape index (κ2) is 8.34. The third-order valence-electron chi connectivity index (χ3n) is 4.93. The monoisotopic (exact) mass is 375 g/mol. The Labute approximate surface area is 157 Å². The van der Waals surface area contributed by atoms with Crippen LogP contribution in [0.4, 0.5) is 11.4 Å². The van der Waals surface area contributed by atoms with Crippen LogP contribution in [0.2, 0.25) is 0 Å². The number of nitro groups is 1. The van der Waals surface area contributed by atoms with Gasteiger partial charge in [0.25, 0.3) is 11.6 Å². The molecule has 0 bridgehead atoms. The first-order valence-electron chi connectivity index (χ1n) is 9.25. The number of nitrogens with one attached hydrogen (secondary N) is 2. The van der Waals surface area contributed by atoms with Gasteiger partial charge in [-0.25, -0.2) is 0 Å². The molecule has 0 radical (unpaired) electrons. The summed E-state index contributed by atoms with van der Waals surface area (Å²) in [6.45, 7) is 5.86. The molecule has 1 heterocycles. The summed E-state index contributed by atoms with van der Waals surface area (Å²) < 4.78 is 0. The van der Waals surface area contributed by atoms with Crippen molar-refractivity contribution in [3.05, 3.63) is 33.9 Å². The molecule has 1 saturated heterocycles. The first-order valence-corrected chi connectivity index (χ1v) is 9.25. The minimum absolute atomic E-state index is 0.0919. The van der Waals surface area contributed by atoms with Crippen molar-refractivity contribution in [1.29, 1.82) is 0 Å². The van der Waals surface area contributed by atoms with E-state index in [0.717, 1.165) is 32.5 Å². The zero-order chi connectivity index (χ0) is 19.4. The number of anilines is 1. The number of carbonyl (C=O) groups is 2. The molecule has 2 aliphatic rings. The number of nitrogens with zero attached hydrogens (tertiary/aromatic N) is 3. The molecule has 0 unspecified atom stereocenters. The van der Waals surface area contributed by atoms with Crippen LogP contribution in [-0.4, -0.2) is 71.8 Å². The molecule has 0 spiro atoms. The molecule has 1 aliphatic heterocycles. The minimum Gasteiger partial charge on any atom is -0.378 e. The number of nitro benzene ring substituents is 1. The van der Waals surface area contributed by atoms with E-state index in [0.29, 0.717) is 30.9 Å². The molecule has 27 heavy (non-hydrogen) atoms. The number of piperazine rings is 1. The number of hydrogen-bond donors (Lipinski definition) is 2. The molecule has 1 aliphatic carbocycles. The van der Waals surface area contributed by atoms with Gasteiger partial charge in [0.05, 0.1) is 4.92 Å². The van der Waals surface area contributed by atoms with Gasteiger partial charge in [0.2, 0.25) is 5.91 Å². The van der Waals surface area contributed by atoms with Crippen LogP contribution in [0.25, 0.3) is 0 Å². The Kier molecular flexibility index (Phi) is 5.90. The van der Waals surface area contributed by atoms with Gasteiger partial charge in [0, 0.05) is 63.9 Å². The van der Waals surface area contributed by atoms with E-state index < -0.39 is 4.92 Å². The minimum atomic E-state index is -0.470. The Morgan fingerprint density at radius 1 is 1.22 bits per heavy atom. The Bertz CT molecular complexity index is 726. The normalized spacial score (nSPS) is 17.4. The Hall–Kier alpha value is -2.68. The topological polar surface area (TPSA) is 108 Å². The first-order chi connectivity index (χ1) is 12.9. The maximum atomic E-state index is 12.1. The van der Waals surface area contributed by atoms with E-state index in [1.165, 1.54) is 6.07 Å². The van der Waals surface area contributed by atoms with Crippen molar-refractivity contribution in [3.8, 4) is 0 Å². The maximum Gasteiger partial charge on any atom is 0.293 e. The van der Waals surface area contributed by atoms with Crippen molar-refractivity contribution >= 4 is 23.2 Å². The fourth-order valence-electron chi connectivity index (χ4n) is 3.10. The van der Waals surface area contributed by atoms with E-state index >= 15 is 0 Å². The van der Waals surface area contributed by atoms with Gasteiger partial charge in [-0.15, -0.1) is 0 Å². The highest BCUT2D eigenvalue weighted by atomic mass is 16.6. The summed E-state index contributed by atoms with van der Waals surface area (Å²) in [6.07, 6.45) is 1.93. The Morgan fingerprint density at radius 2 is 1.93 bits per heavy atom. The van der Waals surface area contributed by atoms with E-state index in [2.05, 4.69) is 15.5 Å². The van der Waals surface area contributed by atoms with Crippen LogP contribution in [0.15, 0.2) is 18.2 Å². The van der Waals surface area contributed by atoms with E-state index in [-0.39, 0.29) is 23.5 Å². The molecule has 9 nitrogen and oxygen atoms in total. The van der Waals surface area contributed by atoms with Gasteiger partial charge in [-0.1, -0.05) is 0 Å². The molecule has 146 valence electrons. The van der Waals surface area contributed by atoms with Crippen LogP contribution in [0.5, 0.6) is 0 Å². The average Bonchev–Trinajstić information content (AvgIpc) is 3.46. The molecule has 0 aromatic heterocycles. The summed E-state index contributed by atoms with van der Waals surface area (Å²) in [5.74, 6) is -0.176. The zero-order valence-electron chi connectivity index (χ0n) is 15.4. The smallest absolute Gasteiger partial charge is 0.293 e. The zero-order valence-corrected chi connectivity index (χ0v) is 15.4. The summed E-state index contributed by atoms with van der Waals surface area (Å²) in [5, 5.41) is 17.3. The van der Waals surface area contributed by atoms with Gasteiger partial charge in [-0.3, -0.25) is 24.6 Å². The molecule has 1 saturated carbocycles. The molecule has 3 rings (SSSR count). The number of hydrogen-bond acceptors (Lipinski definition) is 6. The van der Waals surface area contributed by atoms with Crippen LogP contribution in [-0.2, 0) is 4.79 Å². The molecule has 9 heteroatoms. The first kappa shape index (κ1) is 19.1. The Balaban J connectivity index is 1.54. The van der Waals surface area contributed by atoms with Crippen LogP contribution >= 0.6 is 0 Å². The number of benzene rings is 1. The summed E-state index contributed by atoms with van der Waals surface area (Å²) in [7, 11) is 0. The maximum absolute atomic E-state index is 12.1. The molecule has 2 fully saturated rings. The van der Waals surface area contributed by atoms with Gasteiger partial charge in [-0.05, 0) is 25.0 Å². The van der Waals surface area contributed by atoms with Crippen molar-refractivity contribution < 1.29 is 14.5 Å². The fourth-order valence-corrected chi connectivity index (χ4v) is 3.10. The predicted molar refractivity (Wildman–Crippen MR) is 101 cm³/mol. The number of amides is 2. The van der Waals surface area contributed by atoms with Crippen molar-refractivity contribution in [3.63, 3.8) is 0 Å². The SMILES string of the molecule is CC(=O)N1CCN(CCNc2ccc(C(=O)NC3CC3)cc2[N+](=O)[O-])CC1. The van der Waals surface area contributed by atoms with Crippen LogP contribution in [0, 0.1) is 10.1 Å². The third-order valence-corrected chi connectivity index (χ3v) is 4.93. The molecule has 1 aromatic rings. The molecule has 0 atom stereocenters. The van der Waals surface area contributed by atoms with Gasteiger partial charge < -0.3 is 15.5 Å². The fraction of sp³-hybridized carbons (Fsp3) is 0.556. The summed E-state index contributed by atoms with van der Waals surface area (Å²) >= 11 is 0. The van der Waals surface area contributed by atoms with Gasteiger partial charge in [0.15, 0.2) is 0 Å². The lowest BCUT2D eigenvalue weighted by Gasteiger charge is -2.34.